The smallest absolute Gasteiger partial charge is 0.160 e. The van der Waals surface area contributed by atoms with Crippen LogP contribution in [-0.2, 0) is 4.74 Å². The first-order valence-corrected chi connectivity index (χ1v) is 5.61. The topological polar surface area (TPSA) is 69.9 Å². The molecule has 0 aromatic carbocycles. The molecular formula is C11H24O4. The zero-order valence-corrected chi connectivity index (χ0v) is 10.1. The maximum atomic E-state index is 9.57. The molecule has 3 N–H and O–H groups in total. The van der Waals surface area contributed by atoms with E-state index >= 15 is 0 Å². The summed E-state index contributed by atoms with van der Waals surface area (Å²) in [5.41, 5.74) is 0. The van der Waals surface area contributed by atoms with Gasteiger partial charge in [-0.3, -0.25) is 0 Å². The molecule has 1 aliphatic rings. The summed E-state index contributed by atoms with van der Waals surface area (Å²) >= 11 is 0. The second kappa shape index (κ2) is 7.17. The van der Waals surface area contributed by atoms with E-state index in [1.807, 2.05) is 0 Å². The van der Waals surface area contributed by atoms with Crippen molar-refractivity contribution in [1.82, 2.24) is 0 Å². The monoisotopic (exact) mass is 220 g/mol. The van der Waals surface area contributed by atoms with Gasteiger partial charge in [0.25, 0.3) is 0 Å². The Morgan fingerprint density at radius 3 is 1.93 bits per heavy atom. The van der Waals surface area contributed by atoms with E-state index in [1.165, 1.54) is 6.42 Å². The molecule has 4 heteroatoms. The molecule has 1 fully saturated rings. The molecule has 0 amide bonds. The number of rotatable bonds is 1. The number of aliphatic hydroxyl groups is 3. The van der Waals surface area contributed by atoms with Gasteiger partial charge in [-0.05, 0) is 0 Å². The van der Waals surface area contributed by atoms with Gasteiger partial charge in [-0.25, -0.2) is 0 Å². The normalized spacial score (nSPS) is 40.6. The van der Waals surface area contributed by atoms with E-state index in [1.54, 1.807) is 13.8 Å². The van der Waals surface area contributed by atoms with Crippen LogP contribution in [0.1, 0.15) is 34.1 Å². The van der Waals surface area contributed by atoms with Crippen LogP contribution in [0.15, 0.2) is 0 Å². The van der Waals surface area contributed by atoms with Crippen LogP contribution < -0.4 is 0 Å². The molecule has 0 aromatic heterocycles. The molecule has 92 valence electrons. The average molecular weight is 220 g/mol. The van der Waals surface area contributed by atoms with Crippen molar-refractivity contribution in [3.8, 4) is 0 Å². The number of hydrogen-bond acceptors (Lipinski definition) is 4. The van der Waals surface area contributed by atoms with Gasteiger partial charge in [-0.15, -0.1) is 0 Å². The third kappa shape index (κ3) is 4.07. The van der Waals surface area contributed by atoms with Crippen molar-refractivity contribution in [1.29, 1.82) is 0 Å². The Balaban J connectivity index is 0.000000583. The van der Waals surface area contributed by atoms with Gasteiger partial charge in [0.1, 0.15) is 0 Å². The fourth-order valence-corrected chi connectivity index (χ4v) is 1.50. The summed E-state index contributed by atoms with van der Waals surface area (Å²) in [4.78, 5) is 0. The molecule has 15 heavy (non-hydrogen) atoms. The van der Waals surface area contributed by atoms with Crippen LogP contribution in [0.5, 0.6) is 0 Å². The molecule has 0 aliphatic carbocycles. The van der Waals surface area contributed by atoms with Crippen molar-refractivity contribution in [2.24, 2.45) is 11.8 Å². The summed E-state index contributed by atoms with van der Waals surface area (Å²) in [7, 11) is 0. The summed E-state index contributed by atoms with van der Waals surface area (Å²) in [5, 5.41) is 27.7. The van der Waals surface area contributed by atoms with Gasteiger partial charge < -0.3 is 20.1 Å². The summed E-state index contributed by atoms with van der Waals surface area (Å²) in [6.07, 6.45) is -0.773. The van der Waals surface area contributed by atoms with Crippen LogP contribution in [0, 0.1) is 11.8 Å². The lowest BCUT2D eigenvalue weighted by Crippen LogP contribution is -2.50. The lowest BCUT2D eigenvalue weighted by molar-refractivity contribution is -0.248. The van der Waals surface area contributed by atoms with E-state index in [4.69, 9.17) is 9.84 Å². The SMILES string of the molecule is CCC.C[C@H]1[C@H](O)[C@H](C)[C@H](CO)O[C@H]1O. The average Bonchev–Trinajstić information content (AvgIpc) is 2.21. The van der Waals surface area contributed by atoms with E-state index < -0.39 is 18.5 Å². The molecule has 1 saturated heterocycles. The molecule has 0 bridgehead atoms. The van der Waals surface area contributed by atoms with Crippen molar-refractivity contribution >= 4 is 0 Å². The first-order chi connectivity index (χ1) is 6.99. The quantitative estimate of drug-likeness (QED) is 0.610. The van der Waals surface area contributed by atoms with Crippen LogP contribution in [0.2, 0.25) is 0 Å². The number of hydrogen-bond donors (Lipinski definition) is 3. The van der Waals surface area contributed by atoms with E-state index in [0.717, 1.165) is 0 Å². The first-order valence-electron chi connectivity index (χ1n) is 5.61. The third-order valence-corrected chi connectivity index (χ3v) is 2.61. The molecule has 0 aromatic rings. The van der Waals surface area contributed by atoms with Gasteiger partial charge in [-0.2, -0.15) is 0 Å². The molecule has 1 heterocycles. The highest BCUT2D eigenvalue weighted by Gasteiger charge is 2.39. The Kier molecular flexibility index (Phi) is 7.09. The maximum absolute atomic E-state index is 9.57. The van der Waals surface area contributed by atoms with Crippen molar-refractivity contribution in [3.05, 3.63) is 0 Å². The van der Waals surface area contributed by atoms with Crippen molar-refractivity contribution < 1.29 is 20.1 Å². The van der Waals surface area contributed by atoms with Crippen LogP contribution >= 0.6 is 0 Å². The minimum atomic E-state index is -0.964. The Hall–Kier alpha value is -0.160. The summed E-state index contributed by atoms with van der Waals surface area (Å²) in [5.74, 6) is -0.420. The zero-order chi connectivity index (χ0) is 12.0. The first kappa shape index (κ1) is 14.8. The largest absolute Gasteiger partial charge is 0.394 e. The Morgan fingerprint density at radius 2 is 1.53 bits per heavy atom. The van der Waals surface area contributed by atoms with Crippen LogP contribution in [0.4, 0.5) is 0 Å². The molecular weight excluding hydrogens is 196 g/mol. The van der Waals surface area contributed by atoms with Crippen molar-refractivity contribution in [2.45, 2.75) is 52.6 Å². The summed E-state index contributed by atoms with van der Waals surface area (Å²) < 4.78 is 5.08. The van der Waals surface area contributed by atoms with Gasteiger partial charge in [0.15, 0.2) is 6.29 Å². The predicted octanol–water partition coefficient (Wildman–Crippen LogP) is 0.745. The maximum Gasteiger partial charge on any atom is 0.160 e. The molecule has 0 radical (unpaired) electrons. The van der Waals surface area contributed by atoms with Gasteiger partial charge >= 0.3 is 0 Å². The fraction of sp³-hybridized carbons (Fsp3) is 1.00. The molecule has 5 atom stereocenters. The Bertz CT molecular complexity index is 158. The molecule has 1 aliphatic heterocycles. The van der Waals surface area contributed by atoms with E-state index in [9.17, 15) is 10.2 Å². The second-order valence-electron chi connectivity index (χ2n) is 4.16. The zero-order valence-electron chi connectivity index (χ0n) is 10.1. The summed E-state index contributed by atoms with van der Waals surface area (Å²) in [6, 6.07) is 0. The molecule has 0 saturated carbocycles. The lowest BCUT2D eigenvalue weighted by Gasteiger charge is -2.39. The van der Waals surface area contributed by atoms with Crippen molar-refractivity contribution in [2.75, 3.05) is 6.61 Å². The fourth-order valence-electron chi connectivity index (χ4n) is 1.50. The third-order valence-electron chi connectivity index (χ3n) is 2.61. The lowest BCUT2D eigenvalue weighted by atomic mass is 9.86. The highest BCUT2D eigenvalue weighted by molar-refractivity contribution is 4.83. The van der Waals surface area contributed by atoms with Crippen molar-refractivity contribution in [3.63, 3.8) is 0 Å². The van der Waals surface area contributed by atoms with Crippen LogP contribution in [-0.4, -0.2) is 40.4 Å². The van der Waals surface area contributed by atoms with Gasteiger partial charge in [0.05, 0.1) is 18.8 Å². The highest BCUT2D eigenvalue weighted by Crippen LogP contribution is 2.28. The van der Waals surface area contributed by atoms with E-state index in [-0.39, 0.29) is 18.4 Å². The predicted molar refractivity (Wildman–Crippen MR) is 58.3 cm³/mol. The van der Waals surface area contributed by atoms with Gasteiger partial charge in [0, 0.05) is 11.8 Å². The summed E-state index contributed by atoms with van der Waals surface area (Å²) in [6.45, 7) is 7.61. The van der Waals surface area contributed by atoms with Gasteiger partial charge in [0.2, 0.25) is 0 Å². The molecule has 0 unspecified atom stereocenters. The highest BCUT2D eigenvalue weighted by atomic mass is 16.6. The second-order valence-corrected chi connectivity index (χ2v) is 4.16. The minimum Gasteiger partial charge on any atom is -0.394 e. The van der Waals surface area contributed by atoms with Crippen LogP contribution in [0.25, 0.3) is 0 Å². The number of ether oxygens (including phenoxy) is 1. The molecule has 0 spiro atoms. The Morgan fingerprint density at radius 1 is 1.07 bits per heavy atom. The standard InChI is InChI=1S/C8H16O4.C3H8/c1-4-6(3-9)12-8(11)5(2)7(4)10;1-3-2/h4-11H,3H2,1-2H3;3H2,1-2H3/t4-,5+,6+,7-,8-;/m1./s1. The Labute approximate surface area is 91.9 Å². The van der Waals surface area contributed by atoms with Gasteiger partial charge in [-0.1, -0.05) is 34.1 Å². The number of aliphatic hydroxyl groups excluding tert-OH is 3. The van der Waals surface area contributed by atoms with E-state index in [2.05, 4.69) is 13.8 Å². The van der Waals surface area contributed by atoms with Crippen LogP contribution in [0.3, 0.4) is 0 Å². The molecule has 4 nitrogen and oxygen atoms in total. The minimum absolute atomic E-state index is 0.131. The molecule has 1 rings (SSSR count). The van der Waals surface area contributed by atoms with E-state index in [0.29, 0.717) is 0 Å².